The van der Waals surface area contributed by atoms with Crippen molar-refractivity contribution in [2.75, 3.05) is 20.2 Å². The number of carbonyl (C=O) groups is 1. The number of nitrogens with zero attached hydrogens (tertiary/aromatic N) is 1. The van der Waals surface area contributed by atoms with Crippen molar-refractivity contribution in [3.63, 3.8) is 0 Å². The first kappa shape index (κ1) is 21.2. The number of rotatable bonds is 4. The van der Waals surface area contributed by atoms with E-state index in [9.17, 15) is 13.2 Å². The third-order valence-corrected chi connectivity index (χ3v) is 5.52. The fourth-order valence-corrected chi connectivity index (χ4v) is 3.79. The van der Waals surface area contributed by atoms with Crippen LogP contribution in [0.1, 0.15) is 21.8 Å². The highest BCUT2D eigenvalue weighted by molar-refractivity contribution is 7.89. The molecule has 0 saturated carbocycles. The highest BCUT2D eigenvalue weighted by Gasteiger charge is 2.35. The molecule has 7 nitrogen and oxygen atoms in total. The van der Waals surface area contributed by atoms with E-state index >= 15 is 0 Å². The lowest BCUT2D eigenvalue weighted by atomic mass is 9.95. The van der Waals surface area contributed by atoms with Crippen LogP contribution in [-0.2, 0) is 10.0 Å². The van der Waals surface area contributed by atoms with Crippen LogP contribution in [0.15, 0.2) is 53.4 Å². The molecule has 1 saturated heterocycles. The average molecular weight is 412 g/mol. The second kappa shape index (κ2) is 8.26. The SMILES string of the molecule is COc1ccc(S(N)(=O)=O)cc1C(=O)N1C[C@@H](N)[C@H](c2ccccc2)C1.Cl. The Balaban J connectivity index is 0.00000261. The van der Waals surface area contributed by atoms with E-state index in [0.717, 1.165) is 5.56 Å². The van der Waals surface area contributed by atoms with Crippen LogP contribution in [0.2, 0.25) is 0 Å². The van der Waals surface area contributed by atoms with Crippen molar-refractivity contribution in [1.29, 1.82) is 0 Å². The van der Waals surface area contributed by atoms with E-state index < -0.39 is 10.0 Å². The number of likely N-dealkylation sites (tertiary alicyclic amines) is 1. The van der Waals surface area contributed by atoms with Crippen molar-refractivity contribution < 1.29 is 17.9 Å². The van der Waals surface area contributed by atoms with Crippen LogP contribution in [0.4, 0.5) is 0 Å². The van der Waals surface area contributed by atoms with E-state index in [2.05, 4.69) is 0 Å². The van der Waals surface area contributed by atoms with Crippen molar-refractivity contribution in [2.45, 2.75) is 16.9 Å². The van der Waals surface area contributed by atoms with E-state index in [0.29, 0.717) is 18.8 Å². The Morgan fingerprint density at radius 1 is 1.15 bits per heavy atom. The minimum Gasteiger partial charge on any atom is -0.496 e. The predicted molar refractivity (Wildman–Crippen MR) is 105 cm³/mol. The van der Waals surface area contributed by atoms with Crippen molar-refractivity contribution in [2.24, 2.45) is 10.9 Å². The number of ether oxygens (including phenoxy) is 1. The lowest BCUT2D eigenvalue weighted by molar-refractivity contribution is 0.0785. The Morgan fingerprint density at radius 3 is 2.41 bits per heavy atom. The maximum Gasteiger partial charge on any atom is 0.257 e. The molecule has 1 fully saturated rings. The molecule has 0 aliphatic carbocycles. The van der Waals surface area contributed by atoms with Crippen LogP contribution in [0.5, 0.6) is 5.75 Å². The second-order valence-corrected chi connectivity index (χ2v) is 7.86. The van der Waals surface area contributed by atoms with E-state index in [1.807, 2.05) is 30.3 Å². The van der Waals surface area contributed by atoms with Gasteiger partial charge < -0.3 is 15.4 Å². The van der Waals surface area contributed by atoms with Gasteiger partial charge in [-0.1, -0.05) is 30.3 Å². The van der Waals surface area contributed by atoms with Gasteiger partial charge in [-0.05, 0) is 23.8 Å². The number of hydrogen-bond acceptors (Lipinski definition) is 5. The Hall–Kier alpha value is -2.13. The van der Waals surface area contributed by atoms with Crippen LogP contribution in [-0.4, -0.2) is 45.5 Å². The molecule has 1 aliphatic rings. The molecule has 0 aromatic heterocycles. The maximum atomic E-state index is 13.0. The standard InChI is InChI=1S/C18H21N3O4S.ClH/c1-25-17-8-7-13(26(20,23)24)9-14(17)18(22)21-10-15(16(19)11-21)12-5-3-2-4-6-12;/h2-9,15-16H,10-11,19H2,1H3,(H2,20,23,24);1H/t15-,16+;/m0./s1. The molecule has 1 heterocycles. The summed E-state index contributed by atoms with van der Waals surface area (Å²) >= 11 is 0. The number of hydrogen-bond donors (Lipinski definition) is 2. The van der Waals surface area contributed by atoms with Crippen LogP contribution in [0.3, 0.4) is 0 Å². The van der Waals surface area contributed by atoms with Gasteiger partial charge in [0.1, 0.15) is 5.75 Å². The quantitative estimate of drug-likeness (QED) is 0.787. The molecule has 2 aromatic rings. The van der Waals surface area contributed by atoms with Gasteiger partial charge in [0, 0.05) is 25.0 Å². The van der Waals surface area contributed by atoms with Crippen molar-refractivity contribution in [3.8, 4) is 5.75 Å². The summed E-state index contributed by atoms with van der Waals surface area (Å²) in [7, 11) is -2.50. The molecule has 3 rings (SSSR count). The third kappa shape index (κ3) is 4.41. The van der Waals surface area contributed by atoms with Gasteiger partial charge in [-0.25, -0.2) is 13.6 Å². The molecule has 0 bridgehead atoms. The summed E-state index contributed by atoms with van der Waals surface area (Å²) in [4.78, 5) is 14.5. The Kier molecular flexibility index (Phi) is 6.48. The monoisotopic (exact) mass is 411 g/mol. The summed E-state index contributed by atoms with van der Waals surface area (Å²) in [5.74, 6) is -0.0204. The van der Waals surface area contributed by atoms with Gasteiger partial charge in [0.2, 0.25) is 10.0 Å². The van der Waals surface area contributed by atoms with Gasteiger partial charge in [0.15, 0.2) is 0 Å². The van der Waals surface area contributed by atoms with Gasteiger partial charge in [-0.2, -0.15) is 0 Å². The van der Waals surface area contributed by atoms with Gasteiger partial charge >= 0.3 is 0 Å². The maximum absolute atomic E-state index is 13.0. The molecule has 2 aromatic carbocycles. The lowest BCUT2D eigenvalue weighted by Gasteiger charge is -2.18. The Morgan fingerprint density at radius 2 is 1.81 bits per heavy atom. The van der Waals surface area contributed by atoms with Crippen LogP contribution >= 0.6 is 12.4 Å². The zero-order valence-electron chi connectivity index (χ0n) is 14.7. The molecule has 4 N–H and O–H groups in total. The first-order chi connectivity index (χ1) is 12.3. The number of amides is 1. The molecule has 27 heavy (non-hydrogen) atoms. The van der Waals surface area contributed by atoms with Gasteiger partial charge in [0.05, 0.1) is 17.6 Å². The van der Waals surface area contributed by atoms with Crippen molar-refractivity contribution in [3.05, 3.63) is 59.7 Å². The van der Waals surface area contributed by atoms with Gasteiger partial charge in [-0.3, -0.25) is 4.79 Å². The molecule has 0 unspecified atom stereocenters. The number of benzene rings is 2. The molecule has 0 spiro atoms. The van der Waals surface area contributed by atoms with Crippen LogP contribution in [0, 0.1) is 0 Å². The van der Waals surface area contributed by atoms with Crippen molar-refractivity contribution in [1.82, 2.24) is 4.90 Å². The second-order valence-electron chi connectivity index (χ2n) is 6.30. The summed E-state index contributed by atoms with van der Waals surface area (Å²) < 4.78 is 28.4. The number of methoxy groups -OCH3 is 1. The number of carbonyl (C=O) groups excluding carboxylic acids is 1. The summed E-state index contributed by atoms with van der Waals surface area (Å²) in [6.45, 7) is 0.827. The minimum absolute atomic E-state index is 0. The van der Waals surface area contributed by atoms with E-state index in [1.54, 1.807) is 4.90 Å². The molecule has 1 amide bonds. The summed E-state index contributed by atoms with van der Waals surface area (Å²) in [6, 6.07) is 13.6. The molecule has 146 valence electrons. The van der Waals surface area contributed by atoms with Crippen molar-refractivity contribution >= 4 is 28.3 Å². The van der Waals surface area contributed by atoms with E-state index in [-0.39, 0.29) is 40.7 Å². The number of nitrogens with two attached hydrogens (primary N) is 2. The largest absolute Gasteiger partial charge is 0.496 e. The van der Waals surface area contributed by atoms with Gasteiger partial charge in [-0.15, -0.1) is 12.4 Å². The molecule has 2 atom stereocenters. The normalized spacial score (nSPS) is 19.4. The molecule has 1 aliphatic heterocycles. The number of halogens is 1. The topological polar surface area (TPSA) is 116 Å². The van der Waals surface area contributed by atoms with Gasteiger partial charge in [0.25, 0.3) is 5.91 Å². The number of sulfonamides is 1. The fraction of sp³-hybridized carbons (Fsp3) is 0.278. The van der Waals surface area contributed by atoms with E-state index in [1.165, 1.54) is 25.3 Å². The zero-order chi connectivity index (χ0) is 18.9. The number of primary sulfonamides is 1. The first-order valence-electron chi connectivity index (χ1n) is 8.12. The summed E-state index contributed by atoms with van der Waals surface area (Å²) in [6.07, 6.45) is 0. The predicted octanol–water partition coefficient (Wildman–Crippen LogP) is 1.33. The van der Waals surface area contributed by atoms with Crippen LogP contribution in [0.25, 0.3) is 0 Å². The Labute approximate surface area is 164 Å². The average Bonchev–Trinajstić information content (AvgIpc) is 3.02. The van der Waals surface area contributed by atoms with E-state index in [4.69, 9.17) is 15.6 Å². The first-order valence-corrected chi connectivity index (χ1v) is 9.66. The molecular formula is C18H22ClN3O4S. The Bertz CT molecular complexity index is 921. The molecular weight excluding hydrogens is 390 g/mol. The molecule has 9 heteroatoms. The fourth-order valence-electron chi connectivity index (χ4n) is 3.25. The highest BCUT2D eigenvalue weighted by atomic mass is 35.5. The van der Waals surface area contributed by atoms with Crippen LogP contribution < -0.4 is 15.6 Å². The lowest BCUT2D eigenvalue weighted by Crippen LogP contribution is -2.32. The zero-order valence-corrected chi connectivity index (χ0v) is 16.4. The third-order valence-electron chi connectivity index (χ3n) is 4.61. The summed E-state index contributed by atoms with van der Waals surface area (Å²) in [5, 5.41) is 5.18. The highest BCUT2D eigenvalue weighted by Crippen LogP contribution is 2.30. The summed E-state index contributed by atoms with van der Waals surface area (Å²) in [5.41, 5.74) is 7.47. The minimum atomic E-state index is -3.92. The smallest absolute Gasteiger partial charge is 0.257 e. The molecule has 0 radical (unpaired) electrons.